The molecule has 1 aliphatic rings. The molecule has 1 atom stereocenters. The number of nitrogens with zero attached hydrogens (tertiary/aromatic N) is 3. The number of rotatable bonds is 3. The second-order valence-corrected chi connectivity index (χ2v) is 6.38. The number of fused-ring (bicyclic) bond motifs is 2. The standard InChI is InChI=1S/C15H14N4O2S/c1-9-18-19-8-11(17-15(19)22-9)7-16-14(20)13-6-10-4-2-3-5-12(10)21-13/h2-5,8,13H,6-7H2,1H3,(H,16,20)/t13-/m1/s1. The van der Waals surface area contributed by atoms with E-state index in [1.807, 2.05) is 37.4 Å². The molecule has 3 heterocycles. The van der Waals surface area contributed by atoms with Gasteiger partial charge in [-0.2, -0.15) is 5.10 Å². The molecule has 0 saturated carbocycles. The van der Waals surface area contributed by atoms with Gasteiger partial charge in [-0.15, -0.1) is 0 Å². The van der Waals surface area contributed by atoms with Crippen molar-refractivity contribution < 1.29 is 9.53 Å². The third kappa shape index (κ3) is 2.33. The molecule has 0 aliphatic carbocycles. The number of ether oxygens (including phenoxy) is 1. The van der Waals surface area contributed by atoms with Crippen molar-refractivity contribution in [3.63, 3.8) is 0 Å². The van der Waals surface area contributed by atoms with E-state index in [1.54, 1.807) is 4.52 Å². The van der Waals surface area contributed by atoms with Crippen LogP contribution in [0.15, 0.2) is 30.5 Å². The Kier molecular flexibility index (Phi) is 3.07. The van der Waals surface area contributed by atoms with Crippen LogP contribution in [-0.4, -0.2) is 26.6 Å². The van der Waals surface area contributed by atoms with Crippen LogP contribution < -0.4 is 10.1 Å². The van der Waals surface area contributed by atoms with Gasteiger partial charge >= 0.3 is 0 Å². The summed E-state index contributed by atoms with van der Waals surface area (Å²) in [5.41, 5.74) is 1.87. The highest BCUT2D eigenvalue weighted by molar-refractivity contribution is 7.16. The minimum absolute atomic E-state index is 0.114. The molecule has 7 heteroatoms. The molecule has 0 radical (unpaired) electrons. The highest BCUT2D eigenvalue weighted by Gasteiger charge is 2.28. The minimum atomic E-state index is -0.457. The zero-order chi connectivity index (χ0) is 15.1. The molecule has 0 fully saturated rings. The number of hydrogen-bond acceptors (Lipinski definition) is 5. The lowest BCUT2D eigenvalue weighted by Gasteiger charge is -2.10. The molecule has 2 aromatic heterocycles. The normalized spacial score (nSPS) is 16.5. The first-order valence-electron chi connectivity index (χ1n) is 7.03. The first kappa shape index (κ1) is 13.3. The Morgan fingerprint density at radius 3 is 3.18 bits per heavy atom. The van der Waals surface area contributed by atoms with Gasteiger partial charge in [-0.1, -0.05) is 29.5 Å². The number of nitrogens with one attached hydrogen (secondary N) is 1. The van der Waals surface area contributed by atoms with Crippen molar-refractivity contribution in [1.29, 1.82) is 0 Å². The van der Waals surface area contributed by atoms with Crippen molar-refractivity contribution in [1.82, 2.24) is 19.9 Å². The Labute approximate surface area is 130 Å². The Hall–Kier alpha value is -2.41. The van der Waals surface area contributed by atoms with E-state index in [-0.39, 0.29) is 5.91 Å². The third-order valence-corrected chi connectivity index (χ3v) is 4.42. The van der Waals surface area contributed by atoms with Crippen molar-refractivity contribution in [3.05, 3.63) is 46.7 Å². The van der Waals surface area contributed by atoms with E-state index in [2.05, 4.69) is 15.4 Å². The molecule has 0 spiro atoms. The Balaban J connectivity index is 1.39. The highest BCUT2D eigenvalue weighted by Crippen LogP contribution is 2.28. The summed E-state index contributed by atoms with van der Waals surface area (Å²) in [7, 11) is 0. The van der Waals surface area contributed by atoms with Crippen LogP contribution in [0.2, 0.25) is 0 Å². The van der Waals surface area contributed by atoms with Gasteiger partial charge in [0.2, 0.25) is 4.96 Å². The van der Waals surface area contributed by atoms with E-state index >= 15 is 0 Å². The molecule has 0 bridgehead atoms. The van der Waals surface area contributed by atoms with Crippen molar-refractivity contribution in [2.45, 2.75) is 26.0 Å². The summed E-state index contributed by atoms with van der Waals surface area (Å²) in [5.74, 6) is 0.682. The number of carbonyl (C=O) groups excluding carboxylic acids is 1. The first-order valence-corrected chi connectivity index (χ1v) is 7.84. The lowest BCUT2D eigenvalue weighted by atomic mass is 10.1. The van der Waals surface area contributed by atoms with Crippen molar-refractivity contribution in [3.8, 4) is 5.75 Å². The molecular formula is C15H14N4O2S. The molecule has 1 aromatic carbocycles. The summed E-state index contributed by atoms with van der Waals surface area (Å²) in [6.45, 7) is 2.32. The molecule has 22 heavy (non-hydrogen) atoms. The molecule has 4 rings (SSSR count). The molecule has 1 amide bonds. The maximum atomic E-state index is 12.2. The smallest absolute Gasteiger partial charge is 0.261 e. The van der Waals surface area contributed by atoms with Gasteiger partial charge < -0.3 is 10.1 Å². The van der Waals surface area contributed by atoms with E-state index in [0.717, 1.165) is 27.0 Å². The molecule has 0 saturated heterocycles. The quantitative estimate of drug-likeness (QED) is 0.799. The second kappa shape index (κ2) is 5.10. The number of aryl methyl sites for hydroxylation is 1. The fourth-order valence-electron chi connectivity index (χ4n) is 2.55. The van der Waals surface area contributed by atoms with E-state index in [9.17, 15) is 4.79 Å². The predicted molar refractivity (Wildman–Crippen MR) is 82.0 cm³/mol. The van der Waals surface area contributed by atoms with Gasteiger partial charge in [0, 0.05) is 6.42 Å². The summed E-state index contributed by atoms with van der Waals surface area (Å²) in [5, 5.41) is 8.15. The molecule has 1 N–H and O–H groups in total. The Morgan fingerprint density at radius 1 is 1.50 bits per heavy atom. The summed E-state index contributed by atoms with van der Waals surface area (Å²) < 4.78 is 7.41. The second-order valence-electron chi connectivity index (χ2n) is 5.22. The van der Waals surface area contributed by atoms with Crippen LogP contribution in [0.1, 0.15) is 16.3 Å². The summed E-state index contributed by atoms with van der Waals surface area (Å²) in [4.78, 5) is 17.5. The number of carbonyl (C=O) groups is 1. The van der Waals surface area contributed by atoms with E-state index in [4.69, 9.17) is 4.74 Å². The summed E-state index contributed by atoms with van der Waals surface area (Å²) in [6.07, 6.45) is 1.99. The van der Waals surface area contributed by atoms with Crippen LogP contribution >= 0.6 is 11.3 Å². The number of benzene rings is 1. The first-order chi connectivity index (χ1) is 10.7. The van der Waals surface area contributed by atoms with Gasteiger partial charge in [0.15, 0.2) is 6.10 Å². The van der Waals surface area contributed by atoms with Crippen molar-refractivity contribution >= 4 is 22.2 Å². The third-order valence-electron chi connectivity index (χ3n) is 3.58. The van der Waals surface area contributed by atoms with Gasteiger partial charge in [-0.05, 0) is 18.6 Å². The molecular weight excluding hydrogens is 300 g/mol. The molecule has 0 unspecified atom stereocenters. The van der Waals surface area contributed by atoms with Gasteiger partial charge in [0.1, 0.15) is 10.8 Å². The number of aromatic nitrogens is 3. The van der Waals surface area contributed by atoms with E-state index in [0.29, 0.717) is 13.0 Å². The maximum absolute atomic E-state index is 12.2. The van der Waals surface area contributed by atoms with Gasteiger partial charge in [-0.25, -0.2) is 9.50 Å². The zero-order valence-electron chi connectivity index (χ0n) is 11.9. The van der Waals surface area contributed by atoms with Crippen LogP contribution in [0.5, 0.6) is 5.75 Å². The Morgan fingerprint density at radius 2 is 2.36 bits per heavy atom. The summed E-state index contributed by atoms with van der Waals surface area (Å²) >= 11 is 1.53. The lowest BCUT2D eigenvalue weighted by Crippen LogP contribution is -2.37. The van der Waals surface area contributed by atoms with Crippen LogP contribution in [0.3, 0.4) is 0 Å². The zero-order valence-corrected chi connectivity index (χ0v) is 12.8. The van der Waals surface area contributed by atoms with Crippen LogP contribution in [0.25, 0.3) is 4.96 Å². The van der Waals surface area contributed by atoms with Gasteiger partial charge in [0.05, 0.1) is 18.4 Å². The molecule has 1 aliphatic heterocycles. The molecule has 3 aromatic rings. The highest BCUT2D eigenvalue weighted by atomic mass is 32.1. The largest absolute Gasteiger partial charge is 0.480 e. The minimum Gasteiger partial charge on any atom is -0.480 e. The lowest BCUT2D eigenvalue weighted by molar-refractivity contribution is -0.127. The van der Waals surface area contributed by atoms with Crippen molar-refractivity contribution in [2.24, 2.45) is 0 Å². The number of amides is 1. The van der Waals surface area contributed by atoms with Crippen LogP contribution in [-0.2, 0) is 17.8 Å². The molecule has 6 nitrogen and oxygen atoms in total. The average Bonchev–Trinajstić information content (AvgIpc) is 3.16. The van der Waals surface area contributed by atoms with Crippen molar-refractivity contribution in [2.75, 3.05) is 0 Å². The Bertz CT molecular complexity index is 798. The van der Waals surface area contributed by atoms with E-state index < -0.39 is 6.10 Å². The number of imidazole rings is 1. The fraction of sp³-hybridized carbons (Fsp3) is 0.267. The molecule has 112 valence electrons. The van der Waals surface area contributed by atoms with Gasteiger partial charge in [0.25, 0.3) is 5.91 Å². The predicted octanol–water partition coefficient (Wildman–Crippen LogP) is 1.72. The topological polar surface area (TPSA) is 68.5 Å². The monoisotopic (exact) mass is 314 g/mol. The fourth-order valence-corrected chi connectivity index (χ4v) is 3.29. The SMILES string of the molecule is Cc1nn2cc(CNC(=O)[C@H]3Cc4ccccc4O3)nc2s1. The van der Waals surface area contributed by atoms with E-state index in [1.165, 1.54) is 11.3 Å². The summed E-state index contributed by atoms with van der Waals surface area (Å²) in [6, 6.07) is 7.74. The average molecular weight is 314 g/mol. The number of para-hydroxylation sites is 1. The maximum Gasteiger partial charge on any atom is 0.261 e. The number of hydrogen-bond donors (Lipinski definition) is 1. The van der Waals surface area contributed by atoms with Crippen LogP contribution in [0, 0.1) is 6.92 Å². The van der Waals surface area contributed by atoms with Gasteiger partial charge in [-0.3, -0.25) is 4.79 Å². The van der Waals surface area contributed by atoms with Crippen LogP contribution in [0.4, 0.5) is 0 Å².